The number of carbonyl (C=O) groups is 1. The molecule has 0 aliphatic heterocycles. The van der Waals surface area contributed by atoms with Gasteiger partial charge in [0.15, 0.2) is 15.6 Å². The molecule has 6 heteroatoms. The van der Waals surface area contributed by atoms with Crippen molar-refractivity contribution in [1.82, 2.24) is 9.78 Å². The van der Waals surface area contributed by atoms with Crippen LogP contribution in [0.1, 0.15) is 15.9 Å². The molecule has 0 aliphatic carbocycles. The largest absolute Gasteiger partial charge is 0.289 e. The number of rotatable bonds is 4. The van der Waals surface area contributed by atoms with Crippen LogP contribution in [0.5, 0.6) is 0 Å². The molecule has 0 saturated carbocycles. The lowest BCUT2D eigenvalue weighted by molar-refractivity contribution is 0.104. The Balaban J connectivity index is 2.16. The zero-order chi connectivity index (χ0) is 14.8. The van der Waals surface area contributed by atoms with Gasteiger partial charge in [0.25, 0.3) is 0 Å². The molecule has 0 spiro atoms. The topological polar surface area (TPSA) is 69.0 Å². The number of hydrogen-bond acceptors (Lipinski definition) is 4. The summed E-state index contributed by atoms with van der Waals surface area (Å²) >= 11 is 0. The van der Waals surface area contributed by atoms with Crippen LogP contribution >= 0.6 is 0 Å². The molecule has 1 aromatic heterocycles. The van der Waals surface area contributed by atoms with Crippen LogP contribution in [-0.4, -0.2) is 30.2 Å². The van der Waals surface area contributed by atoms with E-state index in [-0.39, 0.29) is 10.7 Å². The number of ketones is 1. The van der Waals surface area contributed by atoms with Crippen LogP contribution < -0.4 is 0 Å². The SMILES string of the molecule is Cn1cc(C=CC(=O)c2ccc(S(C)(=O)=O)cc2)cn1. The van der Waals surface area contributed by atoms with E-state index in [0.29, 0.717) is 5.56 Å². The van der Waals surface area contributed by atoms with E-state index >= 15 is 0 Å². The second-order valence-electron chi connectivity index (χ2n) is 4.44. The Labute approximate surface area is 117 Å². The highest BCUT2D eigenvalue weighted by atomic mass is 32.2. The highest BCUT2D eigenvalue weighted by Gasteiger charge is 2.08. The number of sulfone groups is 1. The minimum atomic E-state index is -3.24. The van der Waals surface area contributed by atoms with Crippen molar-refractivity contribution in [3.63, 3.8) is 0 Å². The van der Waals surface area contributed by atoms with Gasteiger partial charge in [0.1, 0.15) is 0 Å². The zero-order valence-electron chi connectivity index (χ0n) is 11.1. The Morgan fingerprint density at radius 2 is 1.90 bits per heavy atom. The van der Waals surface area contributed by atoms with E-state index in [9.17, 15) is 13.2 Å². The van der Waals surface area contributed by atoms with Gasteiger partial charge in [-0.05, 0) is 36.4 Å². The molecule has 0 saturated heterocycles. The van der Waals surface area contributed by atoms with E-state index in [4.69, 9.17) is 0 Å². The fourth-order valence-corrected chi connectivity index (χ4v) is 2.29. The molecule has 2 rings (SSSR count). The lowest BCUT2D eigenvalue weighted by Crippen LogP contribution is -1.99. The predicted molar refractivity (Wildman–Crippen MR) is 76.1 cm³/mol. The van der Waals surface area contributed by atoms with Gasteiger partial charge in [0.2, 0.25) is 0 Å². The number of allylic oxidation sites excluding steroid dienone is 1. The predicted octanol–water partition coefficient (Wildman–Crippen LogP) is 1.72. The van der Waals surface area contributed by atoms with Gasteiger partial charge in [-0.15, -0.1) is 0 Å². The molecule has 0 radical (unpaired) electrons. The number of aromatic nitrogens is 2. The molecule has 0 bridgehead atoms. The summed E-state index contributed by atoms with van der Waals surface area (Å²) < 4.78 is 24.3. The maximum atomic E-state index is 11.9. The summed E-state index contributed by atoms with van der Waals surface area (Å²) in [6.45, 7) is 0. The molecule has 2 aromatic rings. The highest BCUT2D eigenvalue weighted by molar-refractivity contribution is 7.90. The normalized spacial score (nSPS) is 11.9. The van der Waals surface area contributed by atoms with Crippen LogP contribution in [0.25, 0.3) is 6.08 Å². The smallest absolute Gasteiger partial charge is 0.185 e. The summed E-state index contributed by atoms with van der Waals surface area (Å²) in [6, 6.07) is 5.87. The minimum Gasteiger partial charge on any atom is -0.289 e. The van der Waals surface area contributed by atoms with Gasteiger partial charge in [-0.3, -0.25) is 9.48 Å². The van der Waals surface area contributed by atoms with Gasteiger partial charge in [0, 0.05) is 30.6 Å². The Kier molecular flexibility index (Phi) is 3.85. The molecule has 104 valence electrons. The average Bonchev–Trinajstić information content (AvgIpc) is 2.81. The lowest BCUT2D eigenvalue weighted by atomic mass is 10.1. The summed E-state index contributed by atoms with van der Waals surface area (Å²) in [5.74, 6) is -0.186. The van der Waals surface area contributed by atoms with Gasteiger partial charge in [0.05, 0.1) is 11.1 Å². The van der Waals surface area contributed by atoms with Crippen molar-refractivity contribution in [2.45, 2.75) is 4.90 Å². The van der Waals surface area contributed by atoms with Gasteiger partial charge >= 0.3 is 0 Å². The van der Waals surface area contributed by atoms with E-state index in [0.717, 1.165) is 11.8 Å². The Morgan fingerprint density at radius 3 is 2.40 bits per heavy atom. The van der Waals surface area contributed by atoms with Crippen molar-refractivity contribution in [2.24, 2.45) is 7.05 Å². The third-order valence-electron chi connectivity index (χ3n) is 2.72. The molecular weight excluding hydrogens is 276 g/mol. The molecular formula is C14H14N2O3S. The summed E-state index contributed by atoms with van der Waals surface area (Å²) in [5, 5.41) is 3.99. The van der Waals surface area contributed by atoms with Gasteiger partial charge in [-0.25, -0.2) is 8.42 Å². The fraction of sp³-hybridized carbons (Fsp3) is 0.143. The van der Waals surface area contributed by atoms with Crippen LogP contribution in [0.4, 0.5) is 0 Å². The second kappa shape index (κ2) is 5.42. The molecule has 0 aliphatic rings. The number of nitrogens with zero attached hydrogens (tertiary/aromatic N) is 2. The molecule has 0 amide bonds. The van der Waals surface area contributed by atoms with Crippen molar-refractivity contribution in [3.8, 4) is 0 Å². The van der Waals surface area contributed by atoms with Gasteiger partial charge < -0.3 is 0 Å². The summed E-state index contributed by atoms with van der Waals surface area (Å²) in [7, 11) is -1.44. The van der Waals surface area contributed by atoms with Crippen molar-refractivity contribution in [1.29, 1.82) is 0 Å². The molecule has 5 nitrogen and oxygen atoms in total. The van der Waals surface area contributed by atoms with Crippen LogP contribution in [0.2, 0.25) is 0 Å². The second-order valence-corrected chi connectivity index (χ2v) is 6.46. The minimum absolute atomic E-state index is 0.186. The number of aryl methyl sites for hydroxylation is 1. The van der Waals surface area contributed by atoms with Gasteiger partial charge in [-0.2, -0.15) is 5.10 Å². The van der Waals surface area contributed by atoms with Crippen LogP contribution in [-0.2, 0) is 16.9 Å². The van der Waals surface area contributed by atoms with Crippen molar-refractivity contribution < 1.29 is 13.2 Å². The Hall–Kier alpha value is -2.21. The Bertz CT molecular complexity index is 756. The quantitative estimate of drug-likeness (QED) is 0.635. The zero-order valence-corrected chi connectivity index (χ0v) is 12.0. The van der Waals surface area contributed by atoms with Crippen molar-refractivity contribution >= 4 is 21.7 Å². The first kappa shape index (κ1) is 14.2. The molecule has 0 unspecified atom stereocenters. The van der Waals surface area contributed by atoms with Gasteiger partial charge in [-0.1, -0.05) is 0 Å². The first-order chi connectivity index (χ1) is 9.36. The summed E-state index contributed by atoms with van der Waals surface area (Å²) in [6.07, 6.45) is 7.67. The van der Waals surface area contributed by atoms with E-state index in [1.807, 2.05) is 0 Å². The van der Waals surface area contributed by atoms with E-state index in [1.54, 1.807) is 30.2 Å². The standard InChI is InChI=1S/C14H14N2O3S/c1-16-10-11(9-15-16)3-8-14(17)12-4-6-13(7-5-12)20(2,18)19/h3-10H,1-2H3. The summed E-state index contributed by atoms with van der Waals surface area (Å²) in [4.78, 5) is 12.1. The fourth-order valence-electron chi connectivity index (χ4n) is 1.66. The third kappa shape index (κ3) is 3.42. The highest BCUT2D eigenvalue weighted by Crippen LogP contribution is 2.11. The van der Waals surface area contributed by atoms with E-state index in [1.165, 1.54) is 30.3 Å². The maximum absolute atomic E-state index is 11.9. The molecule has 0 atom stereocenters. The van der Waals surface area contributed by atoms with Crippen LogP contribution in [0, 0.1) is 0 Å². The molecule has 20 heavy (non-hydrogen) atoms. The molecule has 1 aromatic carbocycles. The first-order valence-electron chi connectivity index (χ1n) is 5.87. The van der Waals surface area contributed by atoms with E-state index in [2.05, 4.69) is 5.10 Å². The lowest BCUT2D eigenvalue weighted by Gasteiger charge is -1.99. The monoisotopic (exact) mass is 290 g/mol. The maximum Gasteiger partial charge on any atom is 0.185 e. The third-order valence-corrected chi connectivity index (χ3v) is 3.85. The number of benzene rings is 1. The first-order valence-corrected chi connectivity index (χ1v) is 7.76. The number of hydrogen-bond donors (Lipinski definition) is 0. The number of carbonyl (C=O) groups excluding carboxylic acids is 1. The average molecular weight is 290 g/mol. The van der Waals surface area contributed by atoms with Crippen LogP contribution in [0.3, 0.4) is 0 Å². The Morgan fingerprint density at radius 1 is 1.25 bits per heavy atom. The molecule has 1 heterocycles. The van der Waals surface area contributed by atoms with Crippen LogP contribution in [0.15, 0.2) is 47.6 Å². The molecule has 0 fully saturated rings. The molecule has 0 N–H and O–H groups in total. The van der Waals surface area contributed by atoms with Crippen molar-refractivity contribution in [2.75, 3.05) is 6.26 Å². The van der Waals surface area contributed by atoms with E-state index < -0.39 is 9.84 Å². The summed E-state index contributed by atoms with van der Waals surface area (Å²) in [5.41, 5.74) is 1.27. The van der Waals surface area contributed by atoms with Crippen molar-refractivity contribution in [3.05, 3.63) is 53.9 Å².